The lowest BCUT2D eigenvalue weighted by atomic mass is 9.91. The van der Waals surface area contributed by atoms with Crippen LogP contribution in [-0.4, -0.2) is 23.8 Å². The molecular formula is C21H25NO2. The van der Waals surface area contributed by atoms with Crippen LogP contribution in [0.5, 0.6) is 5.75 Å². The van der Waals surface area contributed by atoms with Crippen molar-refractivity contribution in [1.29, 1.82) is 0 Å². The molecule has 1 heterocycles. The fourth-order valence-corrected chi connectivity index (χ4v) is 3.58. The smallest absolute Gasteiger partial charge is 0.126 e. The van der Waals surface area contributed by atoms with Crippen LogP contribution in [0.1, 0.15) is 55.5 Å². The van der Waals surface area contributed by atoms with Gasteiger partial charge in [-0.3, -0.25) is 4.98 Å². The Balaban J connectivity index is 1.81. The monoisotopic (exact) mass is 323 g/mol. The minimum Gasteiger partial charge on any atom is -0.496 e. The highest BCUT2D eigenvalue weighted by Crippen LogP contribution is 2.49. The van der Waals surface area contributed by atoms with E-state index in [4.69, 9.17) is 9.72 Å². The summed E-state index contributed by atoms with van der Waals surface area (Å²) in [5, 5.41) is 9.76. The van der Waals surface area contributed by atoms with E-state index in [2.05, 4.69) is 31.2 Å². The highest BCUT2D eigenvalue weighted by atomic mass is 16.5. The predicted molar refractivity (Wildman–Crippen MR) is 95.6 cm³/mol. The highest BCUT2D eigenvalue weighted by molar-refractivity contribution is 5.74. The molecule has 1 N–H and O–H groups in total. The summed E-state index contributed by atoms with van der Waals surface area (Å²) in [7, 11) is 1.72. The van der Waals surface area contributed by atoms with Gasteiger partial charge in [-0.15, -0.1) is 0 Å². The molecule has 2 aliphatic carbocycles. The number of pyridine rings is 1. The maximum absolute atomic E-state index is 9.76. The molecule has 2 aromatic rings. The van der Waals surface area contributed by atoms with Gasteiger partial charge in [-0.2, -0.15) is 0 Å². The predicted octanol–water partition coefficient (Wildman–Crippen LogP) is 4.22. The minimum absolute atomic E-state index is 0.0330. The van der Waals surface area contributed by atoms with Crippen LogP contribution in [-0.2, 0) is 11.8 Å². The maximum Gasteiger partial charge on any atom is 0.126 e. The van der Waals surface area contributed by atoms with Crippen LogP contribution in [0, 0.1) is 0 Å². The molecule has 2 saturated carbocycles. The molecule has 126 valence electrons. The quantitative estimate of drug-likeness (QED) is 0.865. The van der Waals surface area contributed by atoms with Gasteiger partial charge in [-0.05, 0) is 55.9 Å². The molecule has 4 rings (SSSR count). The number of aliphatic hydroxyl groups excluding tert-OH is 1. The van der Waals surface area contributed by atoms with Gasteiger partial charge in [0.15, 0.2) is 0 Å². The van der Waals surface area contributed by atoms with Crippen LogP contribution in [0.4, 0.5) is 0 Å². The summed E-state index contributed by atoms with van der Waals surface area (Å²) in [5.74, 6) is 1.55. The Morgan fingerprint density at radius 2 is 1.96 bits per heavy atom. The second-order valence-corrected chi connectivity index (χ2v) is 7.21. The Kier molecular flexibility index (Phi) is 3.84. The fourth-order valence-electron chi connectivity index (χ4n) is 3.58. The molecule has 0 unspecified atom stereocenters. The Morgan fingerprint density at radius 1 is 1.17 bits per heavy atom. The molecule has 0 radical (unpaired) electrons. The Hall–Kier alpha value is -1.87. The van der Waals surface area contributed by atoms with Gasteiger partial charge in [-0.25, -0.2) is 0 Å². The van der Waals surface area contributed by atoms with Gasteiger partial charge >= 0.3 is 0 Å². The molecule has 0 aliphatic heterocycles. The zero-order valence-corrected chi connectivity index (χ0v) is 14.5. The fraction of sp³-hybridized carbons (Fsp3) is 0.476. The SMILES string of the molecule is CCc1nc(C2CC2)ccc1-c1cc(C2(CO)CC2)ccc1OC. The van der Waals surface area contributed by atoms with Crippen molar-refractivity contribution in [2.75, 3.05) is 13.7 Å². The van der Waals surface area contributed by atoms with Gasteiger partial charge in [0.2, 0.25) is 0 Å². The van der Waals surface area contributed by atoms with Crippen molar-refractivity contribution in [3.05, 3.63) is 47.3 Å². The number of aryl methyl sites for hydroxylation is 1. The first-order valence-corrected chi connectivity index (χ1v) is 9.00. The number of methoxy groups -OCH3 is 1. The Labute approximate surface area is 143 Å². The molecule has 0 bridgehead atoms. The number of hydrogen-bond acceptors (Lipinski definition) is 3. The summed E-state index contributed by atoms with van der Waals surface area (Å²) in [6.07, 6.45) is 5.58. The first-order chi connectivity index (χ1) is 11.7. The molecule has 1 aromatic heterocycles. The average molecular weight is 323 g/mol. The van der Waals surface area contributed by atoms with Gasteiger partial charge in [0.05, 0.1) is 13.7 Å². The first kappa shape index (κ1) is 15.6. The molecule has 3 nitrogen and oxygen atoms in total. The van der Waals surface area contributed by atoms with Crippen molar-refractivity contribution in [2.24, 2.45) is 0 Å². The van der Waals surface area contributed by atoms with Crippen molar-refractivity contribution >= 4 is 0 Å². The van der Waals surface area contributed by atoms with Crippen LogP contribution in [0.25, 0.3) is 11.1 Å². The third-order valence-corrected chi connectivity index (χ3v) is 5.58. The summed E-state index contributed by atoms with van der Waals surface area (Å²) >= 11 is 0. The molecule has 0 amide bonds. The van der Waals surface area contributed by atoms with Crippen molar-refractivity contribution in [3.8, 4) is 16.9 Å². The van der Waals surface area contributed by atoms with Gasteiger partial charge in [-0.1, -0.05) is 19.1 Å². The number of aromatic nitrogens is 1. The lowest BCUT2D eigenvalue weighted by Gasteiger charge is -2.18. The van der Waals surface area contributed by atoms with Crippen molar-refractivity contribution in [3.63, 3.8) is 0 Å². The topological polar surface area (TPSA) is 42.4 Å². The number of ether oxygens (including phenoxy) is 1. The standard InChI is InChI=1S/C21H25NO2/c1-3-18-16(7-8-19(22-18)14-4-5-14)17-12-15(6-9-20(17)24-2)21(13-23)10-11-21/h6-9,12,14,23H,3-5,10-11,13H2,1-2H3. The summed E-state index contributed by atoms with van der Waals surface area (Å²) in [6.45, 7) is 2.38. The summed E-state index contributed by atoms with van der Waals surface area (Å²) in [4.78, 5) is 4.93. The molecule has 1 aromatic carbocycles. The van der Waals surface area contributed by atoms with E-state index in [-0.39, 0.29) is 12.0 Å². The molecule has 2 fully saturated rings. The molecule has 24 heavy (non-hydrogen) atoms. The number of benzene rings is 1. The zero-order chi connectivity index (χ0) is 16.7. The van der Waals surface area contributed by atoms with Crippen molar-refractivity contribution < 1.29 is 9.84 Å². The average Bonchev–Trinajstić information content (AvgIpc) is 3.54. The van der Waals surface area contributed by atoms with Gasteiger partial charge in [0, 0.05) is 33.8 Å². The number of rotatable bonds is 6. The van der Waals surface area contributed by atoms with Crippen LogP contribution >= 0.6 is 0 Å². The molecule has 3 heteroatoms. The zero-order valence-electron chi connectivity index (χ0n) is 14.5. The Bertz CT molecular complexity index is 760. The van der Waals surface area contributed by atoms with Crippen molar-refractivity contribution in [2.45, 2.75) is 50.4 Å². The van der Waals surface area contributed by atoms with Crippen LogP contribution in [0.3, 0.4) is 0 Å². The van der Waals surface area contributed by atoms with Gasteiger partial charge in [0.25, 0.3) is 0 Å². The van der Waals surface area contributed by atoms with E-state index in [1.54, 1.807) is 7.11 Å². The second kappa shape index (κ2) is 5.89. The molecule has 2 aliphatic rings. The molecule has 0 atom stereocenters. The van der Waals surface area contributed by atoms with E-state index in [0.29, 0.717) is 5.92 Å². The van der Waals surface area contributed by atoms with Crippen LogP contribution in [0.15, 0.2) is 30.3 Å². The third-order valence-electron chi connectivity index (χ3n) is 5.58. The van der Waals surface area contributed by atoms with Crippen molar-refractivity contribution in [1.82, 2.24) is 4.98 Å². The van der Waals surface area contributed by atoms with E-state index in [0.717, 1.165) is 41.8 Å². The van der Waals surface area contributed by atoms with E-state index < -0.39 is 0 Å². The highest BCUT2D eigenvalue weighted by Gasteiger charge is 2.44. The van der Waals surface area contributed by atoms with Crippen LogP contribution < -0.4 is 4.74 Å². The third kappa shape index (κ3) is 2.61. The number of aliphatic hydroxyl groups is 1. The van der Waals surface area contributed by atoms with E-state index in [9.17, 15) is 5.11 Å². The summed E-state index contributed by atoms with van der Waals surface area (Å²) in [6, 6.07) is 10.7. The molecular weight excluding hydrogens is 298 g/mol. The summed E-state index contributed by atoms with van der Waals surface area (Å²) < 4.78 is 5.62. The molecule has 0 saturated heterocycles. The number of nitrogens with zero attached hydrogens (tertiary/aromatic N) is 1. The second-order valence-electron chi connectivity index (χ2n) is 7.21. The van der Waals surface area contributed by atoms with E-state index in [1.807, 2.05) is 6.07 Å². The largest absolute Gasteiger partial charge is 0.496 e. The lowest BCUT2D eigenvalue weighted by Crippen LogP contribution is -2.12. The minimum atomic E-state index is -0.0330. The van der Waals surface area contributed by atoms with Gasteiger partial charge < -0.3 is 9.84 Å². The Morgan fingerprint density at radius 3 is 2.54 bits per heavy atom. The molecule has 0 spiro atoms. The number of hydrogen-bond donors (Lipinski definition) is 1. The van der Waals surface area contributed by atoms with Gasteiger partial charge in [0.1, 0.15) is 5.75 Å². The maximum atomic E-state index is 9.76. The van der Waals surface area contributed by atoms with E-state index >= 15 is 0 Å². The van der Waals surface area contributed by atoms with Crippen LogP contribution in [0.2, 0.25) is 0 Å². The first-order valence-electron chi connectivity index (χ1n) is 9.00. The van der Waals surface area contributed by atoms with E-state index in [1.165, 1.54) is 24.1 Å². The summed E-state index contributed by atoms with van der Waals surface area (Å²) in [5.41, 5.74) is 5.82. The normalized spacial score (nSPS) is 18.5. The lowest BCUT2D eigenvalue weighted by molar-refractivity contribution is 0.255.